The van der Waals surface area contributed by atoms with Crippen LogP contribution in [0.15, 0.2) is 18.2 Å². The van der Waals surface area contributed by atoms with E-state index in [1.807, 2.05) is 0 Å². The topological polar surface area (TPSA) is 78.9 Å². The molecular formula is C13H11F3N2O4. The minimum Gasteiger partial charge on any atom is -0.478 e. The summed E-state index contributed by atoms with van der Waals surface area (Å²) in [6.07, 6.45) is -4.33. The number of halogens is 3. The van der Waals surface area contributed by atoms with Gasteiger partial charge in [-0.05, 0) is 18.2 Å². The van der Waals surface area contributed by atoms with E-state index in [-0.39, 0.29) is 30.1 Å². The summed E-state index contributed by atoms with van der Waals surface area (Å²) in [7, 11) is 0. The zero-order valence-corrected chi connectivity index (χ0v) is 11.1. The maximum absolute atomic E-state index is 12.3. The first-order chi connectivity index (χ1) is 10.2. The molecule has 0 aromatic heterocycles. The third-order valence-corrected chi connectivity index (χ3v) is 3.55. The van der Waals surface area contributed by atoms with E-state index in [9.17, 15) is 22.8 Å². The van der Waals surface area contributed by atoms with E-state index < -0.39 is 30.2 Å². The number of carboxylic acid groups (broad SMARTS) is 1. The van der Waals surface area contributed by atoms with Gasteiger partial charge in [0.2, 0.25) is 5.60 Å². The van der Waals surface area contributed by atoms with Gasteiger partial charge in [0.25, 0.3) is 5.91 Å². The van der Waals surface area contributed by atoms with Crippen molar-refractivity contribution in [3.05, 3.63) is 23.8 Å². The highest BCUT2D eigenvalue weighted by molar-refractivity contribution is 6.03. The number of amides is 1. The Bertz CT molecular complexity index is 653. The van der Waals surface area contributed by atoms with Crippen molar-refractivity contribution in [2.45, 2.75) is 11.8 Å². The van der Waals surface area contributed by atoms with Gasteiger partial charge in [0.15, 0.2) is 0 Å². The molecule has 2 N–H and O–H groups in total. The highest BCUT2D eigenvalue weighted by atomic mass is 19.4. The summed E-state index contributed by atoms with van der Waals surface area (Å²) in [6.45, 7) is -1.44. The zero-order chi connectivity index (χ0) is 16.1. The van der Waals surface area contributed by atoms with Crippen LogP contribution < -0.4 is 10.1 Å². The first kappa shape index (κ1) is 14.6. The molecule has 1 amide bonds. The van der Waals surface area contributed by atoms with Gasteiger partial charge in [0.1, 0.15) is 5.75 Å². The monoisotopic (exact) mass is 316 g/mol. The van der Waals surface area contributed by atoms with Crippen molar-refractivity contribution < 1.29 is 32.6 Å². The molecule has 3 rings (SSSR count). The Hall–Kier alpha value is -2.29. The summed E-state index contributed by atoms with van der Waals surface area (Å²) in [5.41, 5.74) is -1.17. The molecule has 2 heterocycles. The maximum Gasteiger partial charge on any atom is 0.401 e. The van der Waals surface area contributed by atoms with Gasteiger partial charge in [0, 0.05) is 13.1 Å². The molecular weight excluding hydrogens is 305 g/mol. The number of nitrogens with one attached hydrogen (secondary N) is 1. The van der Waals surface area contributed by atoms with Crippen LogP contribution in [0.2, 0.25) is 0 Å². The number of carbonyl (C=O) groups excluding carboxylic acids is 1. The first-order valence-electron chi connectivity index (χ1n) is 6.35. The van der Waals surface area contributed by atoms with Crippen LogP contribution in [0.3, 0.4) is 0 Å². The molecule has 0 saturated carbocycles. The van der Waals surface area contributed by atoms with Crippen molar-refractivity contribution in [3.8, 4) is 5.75 Å². The van der Waals surface area contributed by atoms with E-state index in [1.54, 1.807) is 0 Å². The van der Waals surface area contributed by atoms with E-state index in [1.165, 1.54) is 18.2 Å². The Morgan fingerprint density at radius 1 is 1.41 bits per heavy atom. The molecule has 1 aromatic carbocycles. The Labute approximate surface area is 122 Å². The van der Waals surface area contributed by atoms with E-state index in [0.29, 0.717) is 0 Å². The largest absolute Gasteiger partial charge is 0.478 e. The number of aromatic carboxylic acids is 1. The number of likely N-dealkylation sites (tertiary alicyclic amines) is 1. The zero-order valence-electron chi connectivity index (χ0n) is 11.1. The van der Waals surface area contributed by atoms with Crippen LogP contribution in [0.5, 0.6) is 5.75 Å². The van der Waals surface area contributed by atoms with Gasteiger partial charge < -0.3 is 15.2 Å². The molecule has 1 fully saturated rings. The number of nitrogens with zero attached hydrogens (tertiary/aromatic N) is 1. The fourth-order valence-corrected chi connectivity index (χ4v) is 2.59. The van der Waals surface area contributed by atoms with Gasteiger partial charge in [-0.25, -0.2) is 4.79 Å². The van der Waals surface area contributed by atoms with Gasteiger partial charge in [-0.15, -0.1) is 0 Å². The standard InChI is InChI=1S/C13H11F3N2O4/c14-13(15,16)6-18-4-12(5-18)11(21)17-8-3-7(10(19)20)1-2-9(8)22-12/h1-3H,4-6H2,(H,17,21)(H,19,20). The Balaban J connectivity index is 1.76. The molecule has 0 aliphatic carbocycles. The molecule has 1 spiro atoms. The Morgan fingerprint density at radius 2 is 2.09 bits per heavy atom. The lowest BCUT2D eigenvalue weighted by Crippen LogP contribution is -2.72. The van der Waals surface area contributed by atoms with Crippen molar-refractivity contribution in [1.29, 1.82) is 0 Å². The molecule has 118 valence electrons. The van der Waals surface area contributed by atoms with E-state index in [4.69, 9.17) is 9.84 Å². The summed E-state index contributed by atoms with van der Waals surface area (Å²) in [5, 5.41) is 11.4. The van der Waals surface area contributed by atoms with Crippen molar-refractivity contribution in [2.75, 3.05) is 25.0 Å². The number of carboxylic acids is 1. The quantitative estimate of drug-likeness (QED) is 0.861. The molecule has 0 atom stereocenters. The lowest BCUT2D eigenvalue weighted by Gasteiger charge is -2.50. The molecule has 9 heteroatoms. The molecule has 1 saturated heterocycles. The van der Waals surface area contributed by atoms with Crippen LogP contribution in [0.4, 0.5) is 18.9 Å². The second-order valence-electron chi connectivity index (χ2n) is 5.33. The average Bonchev–Trinajstić information content (AvgIpc) is 2.35. The fourth-order valence-electron chi connectivity index (χ4n) is 2.59. The summed E-state index contributed by atoms with van der Waals surface area (Å²) in [4.78, 5) is 24.0. The van der Waals surface area contributed by atoms with E-state index >= 15 is 0 Å². The van der Waals surface area contributed by atoms with Crippen molar-refractivity contribution >= 4 is 17.6 Å². The summed E-state index contributed by atoms with van der Waals surface area (Å²) in [5.74, 6) is -1.48. The third kappa shape index (κ3) is 2.47. The highest BCUT2D eigenvalue weighted by Gasteiger charge is 2.55. The molecule has 2 aliphatic heterocycles. The molecule has 0 radical (unpaired) electrons. The van der Waals surface area contributed by atoms with Crippen LogP contribution in [0, 0.1) is 0 Å². The summed E-state index contributed by atoms with van der Waals surface area (Å²) < 4.78 is 42.4. The highest BCUT2D eigenvalue weighted by Crippen LogP contribution is 2.39. The van der Waals surface area contributed by atoms with Crippen molar-refractivity contribution in [3.63, 3.8) is 0 Å². The molecule has 0 unspecified atom stereocenters. The van der Waals surface area contributed by atoms with Crippen LogP contribution in [0.25, 0.3) is 0 Å². The number of alkyl halides is 3. The van der Waals surface area contributed by atoms with Gasteiger partial charge >= 0.3 is 12.1 Å². The molecule has 0 bridgehead atoms. The van der Waals surface area contributed by atoms with Crippen LogP contribution in [0.1, 0.15) is 10.4 Å². The third-order valence-electron chi connectivity index (χ3n) is 3.55. The maximum atomic E-state index is 12.3. The lowest BCUT2D eigenvalue weighted by atomic mass is 9.90. The van der Waals surface area contributed by atoms with Crippen molar-refractivity contribution in [2.24, 2.45) is 0 Å². The molecule has 2 aliphatic rings. The SMILES string of the molecule is O=C(O)c1ccc2c(c1)NC(=O)C1(CN(CC(F)(F)F)C1)O2. The number of fused-ring (bicyclic) bond motifs is 1. The number of carbonyl (C=O) groups is 2. The smallest absolute Gasteiger partial charge is 0.401 e. The predicted octanol–water partition coefficient (Wildman–Crippen LogP) is 1.33. The van der Waals surface area contributed by atoms with Gasteiger partial charge in [-0.2, -0.15) is 13.2 Å². The van der Waals surface area contributed by atoms with Gasteiger partial charge in [-0.1, -0.05) is 0 Å². The number of ether oxygens (including phenoxy) is 1. The van der Waals surface area contributed by atoms with Gasteiger partial charge in [-0.3, -0.25) is 9.69 Å². The minimum absolute atomic E-state index is 0.0223. The van der Waals surface area contributed by atoms with Crippen LogP contribution in [-0.4, -0.2) is 53.3 Å². The Morgan fingerprint density at radius 3 is 2.68 bits per heavy atom. The number of rotatable bonds is 2. The predicted molar refractivity (Wildman–Crippen MR) is 67.9 cm³/mol. The van der Waals surface area contributed by atoms with Crippen molar-refractivity contribution in [1.82, 2.24) is 4.90 Å². The fraction of sp³-hybridized carbons (Fsp3) is 0.385. The average molecular weight is 316 g/mol. The second kappa shape index (κ2) is 4.60. The minimum atomic E-state index is -4.33. The normalized spacial score (nSPS) is 19.9. The number of benzene rings is 1. The molecule has 1 aromatic rings. The summed E-state index contributed by atoms with van der Waals surface area (Å²) >= 11 is 0. The Kier molecular flexibility index (Phi) is 3.06. The van der Waals surface area contributed by atoms with E-state index in [0.717, 1.165) is 4.90 Å². The molecule has 22 heavy (non-hydrogen) atoms. The van der Waals surface area contributed by atoms with Crippen LogP contribution >= 0.6 is 0 Å². The van der Waals surface area contributed by atoms with Gasteiger partial charge in [0.05, 0.1) is 17.8 Å². The summed E-state index contributed by atoms with van der Waals surface area (Å²) in [6, 6.07) is 3.93. The first-order valence-corrected chi connectivity index (χ1v) is 6.35. The second-order valence-corrected chi connectivity index (χ2v) is 5.33. The lowest BCUT2D eigenvalue weighted by molar-refractivity contribution is -0.184. The number of anilines is 1. The van der Waals surface area contributed by atoms with Crippen LogP contribution in [-0.2, 0) is 4.79 Å². The van der Waals surface area contributed by atoms with E-state index in [2.05, 4.69) is 5.32 Å². The number of hydrogen-bond donors (Lipinski definition) is 2. The number of hydrogen-bond acceptors (Lipinski definition) is 4. The molecule has 6 nitrogen and oxygen atoms in total.